The third-order valence-corrected chi connectivity index (χ3v) is 5.23. The topological polar surface area (TPSA) is 105 Å². The molecule has 2 aliphatic carbocycles. The fourth-order valence-corrected chi connectivity index (χ4v) is 4.08. The Morgan fingerprint density at radius 1 is 1.04 bits per heavy atom. The number of allylic oxidation sites excluding steroid dienone is 2. The monoisotopic (exact) mass is 372 g/mol. The van der Waals surface area contributed by atoms with E-state index in [1.807, 2.05) is 44.2 Å². The number of rotatable bonds is 5. The van der Waals surface area contributed by atoms with Gasteiger partial charge in [-0.3, -0.25) is 25.2 Å². The Morgan fingerprint density at radius 3 is 2.22 bits per heavy atom. The van der Waals surface area contributed by atoms with Gasteiger partial charge in [-0.25, -0.2) is 0 Å². The number of carbonyl (C=O) groups excluding carboxylic acids is 2. The second-order valence-corrected chi connectivity index (χ2v) is 7.40. The van der Waals surface area contributed by atoms with Crippen molar-refractivity contribution in [2.75, 3.05) is 0 Å². The second kappa shape index (κ2) is 7.42. The molecule has 7 heteroatoms. The lowest BCUT2D eigenvalue weighted by atomic mass is 9.82. The van der Waals surface area contributed by atoms with Gasteiger partial charge in [-0.1, -0.05) is 18.2 Å². The van der Waals surface area contributed by atoms with Crippen LogP contribution in [0.25, 0.3) is 0 Å². The molecule has 3 rings (SSSR count). The van der Waals surface area contributed by atoms with Crippen LogP contribution in [-0.2, 0) is 14.4 Å². The third-order valence-electron chi connectivity index (χ3n) is 5.23. The Bertz CT molecular complexity index is 783. The molecule has 0 aliphatic heterocycles. The molecule has 0 saturated heterocycles. The SMILES string of the molecule is Cc1cc(C)cc(O[C@H](C)C(=O)NNC(=O)[C@@H]2[C@@H](C(=O)O)[C@H]3C=C[C@H]2C3)c1. The van der Waals surface area contributed by atoms with E-state index in [1.165, 1.54) is 0 Å². The fourth-order valence-electron chi connectivity index (χ4n) is 4.08. The van der Waals surface area contributed by atoms with Crippen molar-refractivity contribution in [2.45, 2.75) is 33.3 Å². The molecule has 2 bridgehead atoms. The van der Waals surface area contributed by atoms with Crippen molar-refractivity contribution in [3.05, 3.63) is 41.5 Å². The molecule has 27 heavy (non-hydrogen) atoms. The molecule has 0 aromatic heterocycles. The van der Waals surface area contributed by atoms with E-state index in [0.717, 1.165) is 11.1 Å². The van der Waals surface area contributed by atoms with Crippen LogP contribution in [-0.4, -0.2) is 29.0 Å². The molecule has 1 aromatic rings. The first-order valence-corrected chi connectivity index (χ1v) is 9.02. The molecule has 0 heterocycles. The molecule has 2 aliphatic rings. The largest absolute Gasteiger partial charge is 0.481 e. The zero-order valence-electron chi connectivity index (χ0n) is 15.6. The maximum absolute atomic E-state index is 12.5. The highest BCUT2D eigenvalue weighted by Crippen LogP contribution is 2.48. The van der Waals surface area contributed by atoms with Crippen LogP contribution in [0.5, 0.6) is 5.75 Å². The molecular weight excluding hydrogens is 348 g/mol. The van der Waals surface area contributed by atoms with Gasteiger partial charge in [-0.15, -0.1) is 0 Å². The third kappa shape index (κ3) is 3.97. The summed E-state index contributed by atoms with van der Waals surface area (Å²) in [5.74, 6) is -3.04. The summed E-state index contributed by atoms with van der Waals surface area (Å²) in [5, 5.41) is 9.41. The molecule has 1 saturated carbocycles. The van der Waals surface area contributed by atoms with E-state index in [0.29, 0.717) is 12.2 Å². The van der Waals surface area contributed by atoms with Gasteiger partial charge in [0.1, 0.15) is 5.75 Å². The molecule has 2 amide bonds. The number of carboxylic acids is 1. The minimum atomic E-state index is -0.982. The van der Waals surface area contributed by atoms with E-state index in [9.17, 15) is 19.5 Å². The van der Waals surface area contributed by atoms with Gasteiger partial charge in [0, 0.05) is 0 Å². The van der Waals surface area contributed by atoms with Crippen molar-refractivity contribution in [1.82, 2.24) is 10.9 Å². The molecule has 7 nitrogen and oxygen atoms in total. The molecule has 0 radical (unpaired) electrons. The van der Waals surface area contributed by atoms with Crippen molar-refractivity contribution in [1.29, 1.82) is 0 Å². The van der Waals surface area contributed by atoms with Gasteiger partial charge >= 0.3 is 5.97 Å². The number of aryl methyl sites for hydroxylation is 2. The summed E-state index contributed by atoms with van der Waals surface area (Å²) in [5.41, 5.74) is 6.76. The molecule has 1 aromatic carbocycles. The lowest BCUT2D eigenvalue weighted by molar-refractivity contribution is -0.148. The quantitative estimate of drug-likeness (QED) is 0.539. The second-order valence-electron chi connectivity index (χ2n) is 7.40. The highest BCUT2D eigenvalue weighted by atomic mass is 16.5. The summed E-state index contributed by atoms with van der Waals surface area (Å²) in [4.78, 5) is 36.2. The summed E-state index contributed by atoms with van der Waals surface area (Å²) < 4.78 is 5.64. The number of hydrogen-bond acceptors (Lipinski definition) is 4. The van der Waals surface area contributed by atoms with Crippen LogP contribution in [0.4, 0.5) is 0 Å². The Hall–Kier alpha value is -2.83. The Labute approximate surface area is 157 Å². The predicted octanol–water partition coefficient (Wildman–Crippen LogP) is 1.74. The first-order chi connectivity index (χ1) is 12.8. The van der Waals surface area contributed by atoms with Crippen molar-refractivity contribution in [2.24, 2.45) is 23.7 Å². The van der Waals surface area contributed by atoms with Crippen LogP contribution >= 0.6 is 0 Å². The smallest absolute Gasteiger partial charge is 0.307 e. The number of amides is 2. The van der Waals surface area contributed by atoms with Crippen LogP contribution < -0.4 is 15.6 Å². The molecule has 1 fully saturated rings. The van der Waals surface area contributed by atoms with Crippen molar-refractivity contribution < 1.29 is 24.2 Å². The Morgan fingerprint density at radius 2 is 1.63 bits per heavy atom. The normalized spacial score (nSPS) is 26.5. The first kappa shape index (κ1) is 18.9. The summed E-state index contributed by atoms with van der Waals surface area (Å²) >= 11 is 0. The predicted molar refractivity (Wildman–Crippen MR) is 97.6 cm³/mol. The molecule has 3 N–H and O–H groups in total. The van der Waals surface area contributed by atoms with Gasteiger partial charge in [0.25, 0.3) is 5.91 Å². The number of nitrogens with one attached hydrogen (secondary N) is 2. The van der Waals surface area contributed by atoms with E-state index in [-0.39, 0.29) is 11.8 Å². The Balaban J connectivity index is 1.56. The summed E-state index contributed by atoms with van der Waals surface area (Å²) in [6.45, 7) is 5.46. The highest BCUT2D eigenvalue weighted by molar-refractivity contribution is 5.89. The van der Waals surface area contributed by atoms with Gasteiger partial charge in [0.2, 0.25) is 5.91 Å². The number of carboxylic acid groups (broad SMARTS) is 1. The van der Waals surface area contributed by atoms with Crippen molar-refractivity contribution >= 4 is 17.8 Å². The average molecular weight is 372 g/mol. The highest BCUT2D eigenvalue weighted by Gasteiger charge is 2.51. The molecule has 0 unspecified atom stereocenters. The number of fused-ring (bicyclic) bond motifs is 2. The van der Waals surface area contributed by atoms with Gasteiger partial charge in [0.15, 0.2) is 6.10 Å². The van der Waals surface area contributed by atoms with Crippen LogP contribution in [0.1, 0.15) is 24.5 Å². The summed E-state index contributed by atoms with van der Waals surface area (Å²) in [6, 6.07) is 5.66. The van der Waals surface area contributed by atoms with Gasteiger partial charge in [-0.05, 0) is 62.3 Å². The van der Waals surface area contributed by atoms with E-state index in [1.54, 1.807) is 6.92 Å². The van der Waals surface area contributed by atoms with Crippen LogP contribution in [0, 0.1) is 37.5 Å². The minimum absolute atomic E-state index is 0.100. The number of hydrogen-bond donors (Lipinski definition) is 3. The Kier molecular flexibility index (Phi) is 5.21. The zero-order valence-corrected chi connectivity index (χ0v) is 15.6. The zero-order chi connectivity index (χ0) is 19.7. The molecule has 144 valence electrons. The van der Waals surface area contributed by atoms with Crippen LogP contribution in [0.15, 0.2) is 30.4 Å². The maximum Gasteiger partial charge on any atom is 0.307 e. The lowest BCUT2D eigenvalue weighted by Gasteiger charge is -2.24. The van der Waals surface area contributed by atoms with Gasteiger partial charge in [-0.2, -0.15) is 0 Å². The molecular formula is C20H24N2O5. The number of hydrazine groups is 1. The van der Waals surface area contributed by atoms with E-state index < -0.39 is 35.7 Å². The van der Waals surface area contributed by atoms with Crippen molar-refractivity contribution in [3.63, 3.8) is 0 Å². The number of carbonyl (C=O) groups is 3. The van der Waals surface area contributed by atoms with Gasteiger partial charge < -0.3 is 9.84 Å². The van der Waals surface area contributed by atoms with Crippen LogP contribution in [0.3, 0.4) is 0 Å². The maximum atomic E-state index is 12.5. The molecule has 5 atom stereocenters. The summed E-state index contributed by atoms with van der Waals surface area (Å²) in [6.07, 6.45) is 3.60. The van der Waals surface area contributed by atoms with E-state index in [4.69, 9.17) is 4.74 Å². The standard InChI is InChI=1S/C20H24N2O5/c1-10-6-11(2)8-15(7-10)27-12(3)18(23)21-22-19(24)16-13-4-5-14(9-13)17(16)20(25)26/h4-8,12-14,16-17H,9H2,1-3H3,(H,21,23)(H,22,24)(H,25,26)/t12-,13+,14+,16+,17+/m1/s1. The lowest BCUT2D eigenvalue weighted by Crippen LogP contribution is -2.51. The van der Waals surface area contributed by atoms with Gasteiger partial charge in [0.05, 0.1) is 11.8 Å². The average Bonchev–Trinajstić information content (AvgIpc) is 3.19. The number of ether oxygens (including phenoxy) is 1. The first-order valence-electron chi connectivity index (χ1n) is 9.02. The van der Waals surface area contributed by atoms with E-state index >= 15 is 0 Å². The van der Waals surface area contributed by atoms with Crippen LogP contribution in [0.2, 0.25) is 0 Å². The number of benzene rings is 1. The summed E-state index contributed by atoms with van der Waals surface area (Å²) in [7, 11) is 0. The minimum Gasteiger partial charge on any atom is -0.481 e. The molecule has 0 spiro atoms. The fraction of sp³-hybridized carbons (Fsp3) is 0.450. The van der Waals surface area contributed by atoms with Crippen molar-refractivity contribution in [3.8, 4) is 5.75 Å². The number of aliphatic carboxylic acids is 1. The van der Waals surface area contributed by atoms with E-state index in [2.05, 4.69) is 10.9 Å².